The van der Waals surface area contributed by atoms with Gasteiger partial charge in [-0.3, -0.25) is 9.59 Å². The van der Waals surface area contributed by atoms with Crippen LogP contribution in [0.5, 0.6) is 11.5 Å². The van der Waals surface area contributed by atoms with Gasteiger partial charge < -0.3 is 19.5 Å². The summed E-state index contributed by atoms with van der Waals surface area (Å²) in [6.07, 6.45) is 1.36. The van der Waals surface area contributed by atoms with E-state index in [1.165, 1.54) is 20.4 Å². The first-order valence-electron chi connectivity index (χ1n) is 8.10. The van der Waals surface area contributed by atoms with Crippen LogP contribution in [-0.2, 0) is 19.1 Å². The van der Waals surface area contributed by atoms with E-state index in [0.717, 1.165) is 0 Å². The lowest BCUT2D eigenvalue weighted by atomic mass is 10.2. The van der Waals surface area contributed by atoms with E-state index in [-0.39, 0.29) is 6.61 Å². The van der Waals surface area contributed by atoms with Crippen LogP contribution in [0.3, 0.4) is 0 Å². The fourth-order valence-corrected chi connectivity index (χ4v) is 1.99. The molecule has 146 valence electrons. The third-order valence-electron chi connectivity index (χ3n) is 3.41. The smallest absolute Gasteiger partial charge is 0.343 e. The van der Waals surface area contributed by atoms with Crippen LogP contribution in [0, 0.1) is 0 Å². The van der Waals surface area contributed by atoms with Crippen LogP contribution < -0.4 is 20.2 Å². The van der Waals surface area contributed by atoms with Gasteiger partial charge in [-0.25, -0.2) is 10.2 Å². The first kappa shape index (κ1) is 20.4. The molecule has 0 bridgehead atoms. The van der Waals surface area contributed by atoms with Gasteiger partial charge in [0.1, 0.15) is 11.5 Å². The van der Waals surface area contributed by atoms with Crippen molar-refractivity contribution < 1.29 is 28.6 Å². The summed E-state index contributed by atoms with van der Waals surface area (Å²) in [5, 5.41) is 6.17. The van der Waals surface area contributed by atoms with E-state index in [4.69, 9.17) is 9.47 Å². The van der Waals surface area contributed by atoms with Gasteiger partial charge in [0, 0.05) is 0 Å². The molecule has 0 aliphatic heterocycles. The Balaban J connectivity index is 1.85. The molecule has 2 rings (SSSR count). The molecule has 0 unspecified atom stereocenters. The van der Waals surface area contributed by atoms with Crippen LogP contribution in [0.1, 0.15) is 5.56 Å². The van der Waals surface area contributed by atoms with Crippen molar-refractivity contribution in [2.24, 2.45) is 5.10 Å². The number of nitrogens with zero attached hydrogens (tertiary/aromatic N) is 1. The molecule has 2 aromatic carbocycles. The van der Waals surface area contributed by atoms with Crippen LogP contribution >= 0.6 is 0 Å². The Morgan fingerprint density at radius 3 is 2.39 bits per heavy atom. The lowest BCUT2D eigenvalue weighted by Crippen LogP contribution is -2.32. The normalized spacial score (nSPS) is 10.2. The molecular formula is C19H19N3O6. The Bertz CT molecular complexity index is 864. The zero-order chi connectivity index (χ0) is 20.4. The van der Waals surface area contributed by atoms with Crippen molar-refractivity contribution in [3.05, 3.63) is 54.1 Å². The minimum Gasteiger partial charge on any atom is -0.495 e. The monoisotopic (exact) mass is 385 g/mol. The molecule has 2 N–H and O–H groups in total. The maximum atomic E-state index is 11.9. The van der Waals surface area contributed by atoms with Crippen LogP contribution in [0.2, 0.25) is 0 Å². The summed E-state index contributed by atoms with van der Waals surface area (Å²) in [6.45, 7) is -0.193. The number of benzene rings is 2. The van der Waals surface area contributed by atoms with Gasteiger partial charge in [-0.05, 0) is 42.0 Å². The second-order valence-electron chi connectivity index (χ2n) is 5.29. The van der Waals surface area contributed by atoms with E-state index in [9.17, 15) is 14.4 Å². The molecule has 0 aromatic heterocycles. The molecule has 0 atom stereocenters. The predicted molar refractivity (Wildman–Crippen MR) is 101 cm³/mol. The van der Waals surface area contributed by atoms with Gasteiger partial charge in [-0.2, -0.15) is 5.10 Å². The number of nitrogens with one attached hydrogen (secondary N) is 2. The number of carbonyl (C=O) groups excluding carboxylic acids is 3. The van der Waals surface area contributed by atoms with Crippen LogP contribution in [0.15, 0.2) is 53.6 Å². The van der Waals surface area contributed by atoms with Crippen molar-refractivity contribution in [3.63, 3.8) is 0 Å². The number of methoxy groups -OCH3 is 2. The number of esters is 1. The summed E-state index contributed by atoms with van der Waals surface area (Å²) < 4.78 is 14.8. The maximum absolute atomic E-state index is 11.9. The van der Waals surface area contributed by atoms with E-state index in [1.54, 1.807) is 48.5 Å². The molecule has 0 heterocycles. The first-order valence-corrected chi connectivity index (χ1v) is 8.10. The number of amides is 2. The summed E-state index contributed by atoms with van der Waals surface area (Å²) >= 11 is 0. The highest BCUT2D eigenvalue weighted by molar-refractivity contribution is 6.39. The van der Waals surface area contributed by atoms with Gasteiger partial charge in [0.15, 0.2) is 6.61 Å². The number of hydrogen-bond donors (Lipinski definition) is 2. The average Bonchev–Trinajstić information content (AvgIpc) is 2.73. The Hall–Kier alpha value is -3.88. The van der Waals surface area contributed by atoms with Gasteiger partial charge >= 0.3 is 17.8 Å². The summed E-state index contributed by atoms with van der Waals surface area (Å²) in [7, 11) is 2.73. The van der Waals surface area contributed by atoms with Gasteiger partial charge in [0.05, 0.1) is 26.1 Å². The third-order valence-corrected chi connectivity index (χ3v) is 3.41. The van der Waals surface area contributed by atoms with Gasteiger partial charge in [-0.1, -0.05) is 12.1 Å². The minimum atomic E-state index is -0.930. The molecule has 2 aromatic rings. The largest absolute Gasteiger partial charge is 0.495 e. The van der Waals surface area contributed by atoms with Crippen molar-refractivity contribution in [1.29, 1.82) is 0 Å². The zero-order valence-electron chi connectivity index (χ0n) is 15.3. The molecule has 9 heteroatoms. The molecule has 0 saturated heterocycles. The van der Waals surface area contributed by atoms with Crippen molar-refractivity contribution in [2.45, 2.75) is 0 Å². The Kier molecular flexibility index (Phi) is 7.53. The summed E-state index contributed by atoms with van der Waals surface area (Å²) in [6, 6.07) is 13.3. The van der Waals surface area contributed by atoms with Crippen LogP contribution in [-0.4, -0.2) is 44.8 Å². The number of rotatable bonds is 7. The van der Waals surface area contributed by atoms with E-state index in [1.807, 2.05) is 0 Å². The molecule has 0 spiro atoms. The number of hydrogen-bond acceptors (Lipinski definition) is 7. The Morgan fingerprint density at radius 1 is 1.00 bits per heavy atom. The third kappa shape index (κ3) is 6.13. The lowest BCUT2D eigenvalue weighted by Gasteiger charge is -2.08. The first-order chi connectivity index (χ1) is 13.5. The van der Waals surface area contributed by atoms with E-state index in [2.05, 4.69) is 20.6 Å². The standard InChI is InChI=1S/C19H19N3O6/c1-26-16-6-4-3-5-15(16)21-18(24)19(25)22-20-11-13-7-9-14(10-8-13)28-12-17(23)27-2/h3-11H,12H2,1-2H3,(H,21,24)(H,22,25)/b20-11-. The molecule has 2 amide bonds. The highest BCUT2D eigenvalue weighted by Gasteiger charge is 2.14. The van der Waals surface area contributed by atoms with E-state index in [0.29, 0.717) is 22.7 Å². The quantitative estimate of drug-likeness (QED) is 0.322. The van der Waals surface area contributed by atoms with E-state index < -0.39 is 17.8 Å². The second kappa shape index (κ2) is 10.3. The predicted octanol–water partition coefficient (Wildman–Crippen LogP) is 1.34. The van der Waals surface area contributed by atoms with Crippen LogP contribution in [0.4, 0.5) is 5.69 Å². The highest BCUT2D eigenvalue weighted by Crippen LogP contribution is 2.22. The minimum absolute atomic E-state index is 0.193. The number of ether oxygens (including phenoxy) is 3. The van der Waals surface area contributed by atoms with Gasteiger partial charge in [0.2, 0.25) is 0 Å². The van der Waals surface area contributed by atoms with Gasteiger partial charge in [0.25, 0.3) is 0 Å². The van der Waals surface area contributed by atoms with Crippen molar-refractivity contribution in [3.8, 4) is 11.5 Å². The summed E-state index contributed by atoms with van der Waals surface area (Å²) in [5.41, 5.74) is 3.16. The molecule has 28 heavy (non-hydrogen) atoms. The molecule has 0 saturated carbocycles. The number of para-hydroxylation sites is 2. The highest BCUT2D eigenvalue weighted by atomic mass is 16.6. The molecule has 0 fully saturated rings. The lowest BCUT2D eigenvalue weighted by molar-refractivity contribution is -0.142. The molecule has 0 aliphatic carbocycles. The molecule has 9 nitrogen and oxygen atoms in total. The summed E-state index contributed by atoms with van der Waals surface area (Å²) in [5.74, 6) is -1.39. The SMILES string of the molecule is COC(=O)COc1ccc(/C=N\NC(=O)C(=O)Nc2ccccc2OC)cc1. The fourth-order valence-electron chi connectivity index (χ4n) is 1.99. The van der Waals surface area contributed by atoms with Crippen LogP contribution in [0.25, 0.3) is 0 Å². The second-order valence-corrected chi connectivity index (χ2v) is 5.29. The van der Waals surface area contributed by atoms with E-state index >= 15 is 0 Å². The fraction of sp³-hybridized carbons (Fsp3) is 0.158. The molecular weight excluding hydrogens is 366 g/mol. The number of anilines is 1. The number of carbonyl (C=O) groups is 3. The topological polar surface area (TPSA) is 115 Å². The molecule has 0 aliphatic rings. The Labute approximate surface area is 161 Å². The maximum Gasteiger partial charge on any atom is 0.343 e. The van der Waals surface area contributed by atoms with Crippen molar-refractivity contribution in [1.82, 2.24) is 5.43 Å². The van der Waals surface area contributed by atoms with Gasteiger partial charge in [-0.15, -0.1) is 0 Å². The Morgan fingerprint density at radius 2 is 1.71 bits per heavy atom. The van der Waals surface area contributed by atoms with Crippen molar-refractivity contribution >= 4 is 29.7 Å². The van der Waals surface area contributed by atoms with Crippen molar-refractivity contribution in [2.75, 3.05) is 26.1 Å². The summed E-state index contributed by atoms with van der Waals surface area (Å²) in [4.78, 5) is 34.8. The average molecular weight is 385 g/mol. The molecule has 0 radical (unpaired) electrons. The zero-order valence-corrected chi connectivity index (χ0v) is 15.3. The number of hydrazone groups is 1.